The summed E-state index contributed by atoms with van der Waals surface area (Å²) in [6, 6.07) is 7.58. The van der Waals surface area contributed by atoms with Gasteiger partial charge in [-0.05, 0) is 36.7 Å². The molecule has 152 valence electrons. The van der Waals surface area contributed by atoms with Gasteiger partial charge in [0.1, 0.15) is 6.54 Å². The number of halogens is 1. The molecule has 2 aromatic heterocycles. The zero-order valence-corrected chi connectivity index (χ0v) is 17.9. The molecule has 0 unspecified atom stereocenters. The van der Waals surface area contributed by atoms with Gasteiger partial charge in [-0.3, -0.25) is 14.3 Å². The summed E-state index contributed by atoms with van der Waals surface area (Å²) in [5.74, 6) is -0.469. The number of nitrogens with one attached hydrogen (secondary N) is 2. The van der Waals surface area contributed by atoms with E-state index in [4.69, 9.17) is 4.52 Å². The average Bonchev–Trinajstić information content (AvgIpc) is 3.28. The molecule has 0 saturated heterocycles. The second kappa shape index (κ2) is 8.99. The number of nitrogens with zero attached hydrogens (tertiary/aromatic N) is 4. The summed E-state index contributed by atoms with van der Waals surface area (Å²) in [7, 11) is 0. The quantitative estimate of drug-likeness (QED) is 0.522. The minimum absolute atomic E-state index is 0.107. The van der Waals surface area contributed by atoms with Crippen LogP contribution in [0.1, 0.15) is 27.6 Å². The predicted molar refractivity (Wildman–Crippen MR) is 109 cm³/mol. The third kappa shape index (κ3) is 5.08. The Morgan fingerprint density at radius 2 is 1.79 bits per heavy atom. The number of rotatable bonds is 7. The molecule has 1 aromatic carbocycles. The zero-order chi connectivity index (χ0) is 21.0. The summed E-state index contributed by atoms with van der Waals surface area (Å²) >= 11 is 3.43. The number of carbonyl (C=O) groups excluding carboxylic acids is 2. The van der Waals surface area contributed by atoms with Crippen molar-refractivity contribution in [3.63, 3.8) is 0 Å². The van der Waals surface area contributed by atoms with Gasteiger partial charge in [0, 0.05) is 18.7 Å². The van der Waals surface area contributed by atoms with Crippen LogP contribution in [0.5, 0.6) is 0 Å². The van der Waals surface area contributed by atoms with Crippen molar-refractivity contribution in [2.24, 2.45) is 0 Å². The van der Waals surface area contributed by atoms with Gasteiger partial charge in [-0.15, -0.1) is 0 Å². The first kappa shape index (κ1) is 20.7. The molecule has 0 saturated carbocycles. The Kier molecular flexibility index (Phi) is 6.42. The van der Waals surface area contributed by atoms with Crippen LogP contribution in [0.15, 0.2) is 33.3 Å². The Hall–Kier alpha value is -3.01. The van der Waals surface area contributed by atoms with Crippen molar-refractivity contribution in [1.82, 2.24) is 30.6 Å². The number of amides is 2. The Balaban J connectivity index is 1.44. The predicted octanol–water partition coefficient (Wildman–Crippen LogP) is 2.17. The first-order valence-electron chi connectivity index (χ1n) is 9.00. The summed E-state index contributed by atoms with van der Waals surface area (Å²) in [4.78, 5) is 28.3. The lowest BCUT2D eigenvalue weighted by Crippen LogP contribution is -2.36. The van der Waals surface area contributed by atoms with Crippen molar-refractivity contribution in [1.29, 1.82) is 0 Å². The Labute approximate surface area is 176 Å². The molecule has 0 bridgehead atoms. The molecule has 0 atom stereocenters. The fraction of sp³-hybridized carbons (Fsp3) is 0.316. The number of aromatic nitrogens is 4. The monoisotopic (exact) mass is 460 g/mol. The van der Waals surface area contributed by atoms with E-state index >= 15 is 0 Å². The molecule has 9 nitrogen and oxygen atoms in total. The van der Waals surface area contributed by atoms with Gasteiger partial charge in [-0.25, -0.2) is 0 Å². The molecule has 3 aromatic rings. The molecule has 0 fully saturated rings. The number of hydrogen-bond donors (Lipinski definition) is 2. The number of hydrogen-bond acceptors (Lipinski definition) is 6. The van der Waals surface area contributed by atoms with Gasteiger partial charge in [0.25, 0.3) is 0 Å². The van der Waals surface area contributed by atoms with Gasteiger partial charge < -0.3 is 15.2 Å². The molecule has 10 heteroatoms. The second-order valence-corrected chi connectivity index (χ2v) is 7.33. The fourth-order valence-corrected chi connectivity index (χ4v) is 2.89. The molecular weight excluding hydrogens is 440 g/mol. The normalized spacial score (nSPS) is 10.8. The van der Waals surface area contributed by atoms with Crippen LogP contribution in [0, 0.1) is 20.8 Å². The van der Waals surface area contributed by atoms with E-state index in [2.05, 4.69) is 41.8 Å². The molecule has 0 aliphatic heterocycles. The van der Waals surface area contributed by atoms with Crippen molar-refractivity contribution in [3.05, 3.63) is 51.6 Å². The summed E-state index contributed by atoms with van der Waals surface area (Å²) in [6.07, 6.45) is 0. The van der Waals surface area contributed by atoms with Crippen LogP contribution in [0.25, 0.3) is 11.4 Å². The highest BCUT2D eigenvalue weighted by Gasteiger charge is 2.16. The van der Waals surface area contributed by atoms with Gasteiger partial charge in [0.05, 0.1) is 15.9 Å². The Bertz CT molecular complexity index is 1030. The molecule has 0 aliphatic carbocycles. The van der Waals surface area contributed by atoms with Gasteiger partial charge >= 0.3 is 11.8 Å². The van der Waals surface area contributed by atoms with Crippen molar-refractivity contribution in [2.75, 3.05) is 13.1 Å². The van der Waals surface area contributed by atoms with E-state index in [1.807, 2.05) is 45.0 Å². The first-order chi connectivity index (χ1) is 13.8. The SMILES string of the molecule is Cc1ccc(-c2noc(C(=O)NCCNC(=O)Cn3nc(C)c(Br)c3C)n2)cc1. The number of aryl methyl sites for hydroxylation is 2. The maximum atomic E-state index is 12.1. The molecule has 2 heterocycles. The molecular formula is C19H21BrN6O3. The molecule has 2 amide bonds. The summed E-state index contributed by atoms with van der Waals surface area (Å²) in [5.41, 5.74) is 3.59. The summed E-state index contributed by atoms with van der Waals surface area (Å²) < 4.78 is 7.53. The van der Waals surface area contributed by atoms with E-state index in [9.17, 15) is 9.59 Å². The lowest BCUT2D eigenvalue weighted by molar-refractivity contribution is -0.121. The van der Waals surface area contributed by atoms with Crippen LogP contribution in [0.2, 0.25) is 0 Å². The lowest BCUT2D eigenvalue weighted by Gasteiger charge is -2.07. The molecule has 0 aliphatic rings. The number of carbonyl (C=O) groups is 2. The van der Waals surface area contributed by atoms with Gasteiger partial charge in [0.2, 0.25) is 11.7 Å². The van der Waals surface area contributed by atoms with Crippen molar-refractivity contribution >= 4 is 27.7 Å². The minimum Gasteiger partial charge on any atom is -0.353 e. The standard InChI is InChI=1S/C19H21BrN6O3/c1-11-4-6-14(7-5-11)17-23-19(29-25-17)18(28)22-9-8-21-15(27)10-26-13(3)16(20)12(2)24-26/h4-7H,8-10H2,1-3H3,(H,21,27)(H,22,28). The van der Waals surface area contributed by atoms with E-state index in [1.54, 1.807) is 4.68 Å². The van der Waals surface area contributed by atoms with Crippen LogP contribution in [-0.2, 0) is 11.3 Å². The van der Waals surface area contributed by atoms with Crippen molar-refractivity contribution in [3.8, 4) is 11.4 Å². The topological polar surface area (TPSA) is 115 Å². The van der Waals surface area contributed by atoms with Crippen molar-refractivity contribution < 1.29 is 14.1 Å². The summed E-state index contributed by atoms with van der Waals surface area (Å²) in [5, 5.41) is 13.5. The van der Waals surface area contributed by atoms with Crippen LogP contribution in [0.3, 0.4) is 0 Å². The van der Waals surface area contributed by atoms with E-state index in [0.717, 1.165) is 27.0 Å². The highest BCUT2D eigenvalue weighted by atomic mass is 79.9. The number of benzene rings is 1. The van der Waals surface area contributed by atoms with E-state index < -0.39 is 5.91 Å². The van der Waals surface area contributed by atoms with Crippen LogP contribution < -0.4 is 10.6 Å². The maximum Gasteiger partial charge on any atom is 0.316 e. The fourth-order valence-electron chi connectivity index (χ4n) is 2.61. The van der Waals surface area contributed by atoms with Crippen LogP contribution >= 0.6 is 15.9 Å². The average molecular weight is 461 g/mol. The molecule has 2 N–H and O–H groups in total. The highest BCUT2D eigenvalue weighted by molar-refractivity contribution is 9.10. The summed E-state index contributed by atoms with van der Waals surface area (Å²) in [6.45, 7) is 6.33. The molecule has 29 heavy (non-hydrogen) atoms. The van der Waals surface area contributed by atoms with E-state index in [1.165, 1.54) is 0 Å². The van der Waals surface area contributed by atoms with Gasteiger partial charge in [0.15, 0.2) is 0 Å². The third-order valence-electron chi connectivity index (χ3n) is 4.25. The zero-order valence-electron chi connectivity index (χ0n) is 16.3. The Morgan fingerprint density at radius 1 is 1.10 bits per heavy atom. The second-order valence-electron chi connectivity index (χ2n) is 6.54. The first-order valence-corrected chi connectivity index (χ1v) is 9.79. The lowest BCUT2D eigenvalue weighted by atomic mass is 10.1. The molecule has 0 spiro atoms. The van der Waals surface area contributed by atoms with Crippen LogP contribution in [0.4, 0.5) is 0 Å². The smallest absolute Gasteiger partial charge is 0.316 e. The third-order valence-corrected chi connectivity index (χ3v) is 5.40. The minimum atomic E-state index is -0.493. The molecule has 3 rings (SSSR count). The maximum absolute atomic E-state index is 12.1. The molecule has 0 radical (unpaired) electrons. The largest absolute Gasteiger partial charge is 0.353 e. The van der Waals surface area contributed by atoms with Gasteiger partial charge in [-0.1, -0.05) is 35.0 Å². The van der Waals surface area contributed by atoms with Gasteiger partial charge in [-0.2, -0.15) is 10.1 Å². The van der Waals surface area contributed by atoms with Crippen molar-refractivity contribution in [2.45, 2.75) is 27.3 Å². The van der Waals surface area contributed by atoms with Crippen LogP contribution in [-0.4, -0.2) is 44.8 Å². The Morgan fingerprint density at radius 3 is 2.45 bits per heavy atom. The highest BCUT2D eigenvalue weighted by Crippen LogP contribution is 2.19. The van der Waals surface area contributed by atoms with E-state index in [-0.39, 0.29) is 31.4 Å². The van der Waals surface area contributed by atoms with E-state index in [0.29, 0.717) is 5.82 Å².